The van der Waals surface area contributed by atoms with Gasteiger partial charge in [0.1, 0.15) is 30.1 Å². The Morgan fingerprint density at radius 1 is 1.32 bits per heavy atom. The number of aryl methyl sites for hydroxylation is 2. The molecule has 1 aromatic carbocycles. The molecule has 0 saturated carbocycles. The smallest absolute Gasteiger partial charge is 0.416 e. The number of hydrogen-bond donors (Lipinski definition) is 1. The lowest BCUT2D eigenvalue weighted by molar-refractivity contribution is -0.137. The number of rotatable bonds is 5. The Hall–Kier alpha value is -2.09. The Kier molecular flexibility index (Phi) is 4.70. The van der Waals surface area contributed by atoms with Gasteiger partial charge in [0.05, 0.1) is 12.1 Å². The van der Waals surface area contributed by atoms with Crippen LogP contribution < -0.4 is 4.74 Å². The molecule has 1 aromatic heterocycles. The van der Waals surface area contributed by atoms with Gasteiger partial charge in [-0.15, -0.1) is 0 Å². The monoisotopic (exact) mass is 315 g/mol. The summed E-state index contributed by atoms with van der Waals surface area (Å²) in [7, 11) is 0. The summed E-state index contributed by atoms with van der Waals surface area (Å²) in [4.78, 5) is 4.10. The maximum absolute atomic E-state index is 12.6. The summed E-state index contributed by atoms with van der Waals surface area (Å²) in [6.07, 6.45) is -5.33. The average Bonchev–Trinajstić information content (AvgIpc) is 2.74. The second-order valence-corrected chi connectivity index (χ2v) is 4.88. The summed E-state index contributed by atoms with van der Waals surface area (Å²) >= 11 is 0. The molecule has 1 heterocycles. The van der Waals surface area contributed by atoms with Crippen molar-refractivity contribution >= 4 is 0 Å². The number of alkyl halides is 3. The van der Waals surface area contributed by atoms with E-state index in [1.165, 1.54) is 16.8 Å². The van der Waals surface area contributed by atoms with Gasteiger partial charge in [-0.2, -0.15) is 18.3 Å². The van der Waals surface area contributed by atoms with Gasteiger partial charge in [0, 0.05) is 0 Å². The van der Waals surface area contributed by atoms with E-state index in [0.717, 1.165) is 12.1 Å². The zero-order valence-corrected chi connectivity index (χ0v) is 12.1. The molecule has 1 unspecified atom stereocenters. The number of aliphatic hydroxyl groups is 1. The molecule has 0 spiro atoms. The van der Waals surface area contributed by atoms with Gasteiger partial charge in [-0.05, 0) is 32.0 Å². The van der Waals surface area contributed by atoms with Crippen LogP contribution in [0.4, 0.5) is 13.2 Å². The Morgan fingerprint density at radius 2 is 2.05 bits per heavy atom. The highest BCUT2D eigenvalue weighted by molar-refractivity contribution is 5.30. The molecule has 1 atom stereocenters. The van der Waals surface area contributed by atoms with Crippen LogP contribution in [0.1, 0.15) is 17.2 Å². The zero-order chi connectivity index (χ0) is 16.3. The number of hydrogen-bond acceptors (Lipinski definition) is 4. The number of nitrogens with zero attached hydrogens (tertiary/aromatic N) is 3. The second-order valence-electron chi connectivity index (χ2n) is 4.88. The van der Waals surface area contributed by atoms with Crippen molar-refractivity contribution in [2.75, 3.05) is 6.61 Å². The highest BCUT2D eigenvalue weighted by Crippen LogP contribution is 2.31. The van der Waals surface area contributed by atoms with Crippen LogP contribution in [0.5, 0.6) is 5.75 Å². The summed E-state index contributed by atoms with van der Waals surface area (Å²) in [5, 5.41) is 14.0. The van der Waals surface area contributed by atoms with Gasteiger partial charge in [-0.1, -0.05) is 6.07 Å². The number of ether oxygens (including phenoxy) is 1. The Balaban J connectivity index is 1.94. The van der Waals surface area contributed by atoms with Crippen molar-refractivity contribution < 1.29 is 23.0 Å². The van der Waals surface area contributed by atoms with Crippen molar-refractivity contribution in [3.63, 3.8) is 0 Å². The van der Waals surface area contributed by atoms with Gasteiger partial charge in [0.25, 0.3) is 0 Å². The topological polar surface area (TPSA) is 60.2 Å². The van der Waals surface area contributed by atoms with Crippen LogP contribution in [-0.2, 0) is 12.7 Å². The molecule has 120 valence electrons. The molecule has 0 amide bonds. The summed E-state index contributed by atoms with van der Waals surface area (Å²) in [5.41, 5.74) is -0.790. The molecule has 0 bridgehead atoms. The van der Waals surface area contributed by atoms with Crippen LogP contribution >= 0.6 is 0 Å². The summed E-state index contributed by atoms with van der Waals surface area (Å²) in [6.45, 7) is 3.50. The molecule has 0 saturated heterocycles. The van der Waals surface area contributed by atoms with E-state index < -0.39 is 17.8 Å². The van der Waals surface area contributed by atoms with Crippen molar-refractivity contribution in [3.05, 3.63) is 41.5 Å². The van der Waals surface area contributed by atoms with E-state index in [1.54, 1.807) is 13.8 Å². The van der Waals surface area contributed by atoms with Gasteiger partial charge >= 0.3 is 6.18 Å². The fourth-order valence-corrected chi connectivity index (χ4v) is 1.94. The van der Waals surface area contributed by atoms with Crippen molar-refractivity contribution in [3.8, 4) is 5.75 Å². The summed E-state index contributed by atoms with van der Waals surface area (Å²) in [6, 6.07) is 4.53. The molecule has 8 heteroatoms. The van der Waals surface area contributed by atoms with E-state index in [0.29, 0.717) is 11.6 Å². The van der Waals surface area contributed by atoms with Crippen molar-refractivity contribution in [1.82, 2.24) is 14.8 Å². The molecule has 5 nitrogen and oxygen atoms in total. The lowest BCUT2D eigenvalue weighted by Gasteiger charge is -2.14. The van der Waals surface area contributed by atoms with Gasteiger partial charge in [-0.25, -0.2) is 9.67 Å². The Morgan fingerprint density at radius 3 is 2.64 bits per heavy atom. The van der Waals surface area contributed by atoms with E-state index in [1.807, 2.05) is 0 Å². The molecular formula is C14H16F3N3O2. The second kappa shape index (κ2) is 6.35. The van der Waals surface area contributed by atoms with E-state index in [9.17, 15) is 18.3 Å². The van der Waals surface area contributed by atoms with Crippen LogP contribution in [0.3, 0.4) is 0 Å². The molecule has 1 N–H and O–H groups in total. The van der Waals surface area contributed by atoms with Crippen molar-refractivity contribution in [2.24, 2.45) is 0 Å². The van der Waals surface area contributed by atoms with Crippen LogP contribution in [0.25, 0.3) is 0 Å². The molecule has 0 aliphatic rings. The maximum Gasteiger partial charge on any atom is 0.416 e. The van der Waals surface area contributed by atoms with Crippen LogP contribution in [0.15, 0.2) is 24.3 Å². The molecule has 2 rings (SSSR count). The third-order valence-corrected chi connectivity index (χ3v) is 2.95. The standard InChI is InChI=1S/C14H16F3N3O2/c1-9-18-10(2)20(19-9)7-12(21)8-22-13-5-3-4-11(6-13)14(15,16)17/h3-6,12,21H,7-8H2,1-2H3. The van der Waals surface area contributed by atoms with Crippen molar-refractivity contribution in [2.45, 2.75) is 32.7 Å². The number of aromatic nitrogens is 3. The number of aliphatic hydroxyl groups excluding tert-OH is 1. The number of benzene rings is 1. The number of halogens is 3. The van der Waals surface area contributed by atoms with E-state index in [2.05, 4.69) is 10.1 Å². The minimum absolute atomic E-state index is 0.0559. The third kappa shape index (κ3) is 4.20. The van der Waals surface area contributed by atoms with Crippen molar-refractivity contribution in [1.29, 1.82) is 0 Å². The molecule has 0 fully saturated rings. The minimum atomic E-state index is -4.42. The van der Waals surface area contributed by atoms with Gasteiger partial charge in [0.2, 0.25) is 0 Å². The van der Waals surface area contributed by atoms with Gasteiger partial charge < -0.3 is 9.84 Å². The predicted octanol–water partition coefficient (Wildman–Crippen LogP) is 2.35. The molecule has 22 heavy (non-hydrogen) atoms. The van der Waals surface area contributed by atoms with Crippen LogP contribution in [0, 0.1) is 13.8 Å². The SMILES string of the molecule is Cc1nc(C)n(CC(O)COc2cccc(C(F)(F)F)c2)n1. The molecule has 0 aliphatic carbocycles. The Bertz CT molecular complexity index is 641. The maximum atomic E-state index is 12.6. The normalized spacial score (nSPS) is 13.2. The summed E-state index contributed by atoms with van der Waals surface area (Å²) < 4.78 is 44.5. The lowest BCUT2D eigenvalue weighted by Crippen LogP contribution is -2.25. The van der Waals surface area contributed by atoms with E-state index in [4.69, 9.17) is 4.74 Å². The van der Waals surface area contributed by atoms with Gasteiger partial charge in [-0.3, -0.25) is 0 Å². The first-order valence-corrected chi connectivity index (χ1v) is 6.62. The molecule has 2 aromatic rings. The summed E-state index contributed by atoms with van der Waals surface area (Å²) in [5.74, 6) is 1.29. The first-order valence-electron chi connectivity index (χ1n) is 6.62. The molecular weight excluding hydrogens is 299 g/mol. The van der Waals surface area contributed by atoms with Crippen LogP contribution in [-0.4, -0.2) is 32.6 Å². The first kappa shape index (κ1) is 16.3. The predicted molar refractivity (Wildman–Crippen MR) is 72.4 cm³/mol. The zero-order valence-electron chi connectivity index (χ0n) is 12.1. The van der Waals surface area contributed by atoms with Gasteiger partial charge in [0.15, 0.2) is 0 Å². The first-order chi connectivity index (χ1) is 10.3. The van der Waals surface area contributed by atoms with E-state index in [-0.39, 0.29) is 18.9 Å². The third-order valence-electron chi connectivity index (χ3n) is 2.95. The molecule has 0 radical (unpaired) electrons. The highest BCUT2D eigenvalue weighted by atomic mass is 19.4. The fourth-order valence-electron chi connectivity index (χ4n) is 1.94. The molecule has 0 aliphatic heterocycles. The lowest BCUT2D eigenvalue weighted by atomic mass is 10.2. The Labute approximate surface area is 125 Å². The largest absolute Gasteiger partial charge is 0.491 e. The van der Waals surface area contributed by atoms with E-state index >= 15 is 0 Å². The minimum Gasteiger partial charge on any atom is -0.491 e. The fraction of sp³-hybridized carbons (Fsp3) is 0.429. The average molecular weight is 315 g/mol. The van der Waals surface area contributed by atoms with Crippen LogP contribution in [0.2, 0.25) is 0 Å². The quantitative estimate of drug-likeness (QED) is 0.920. The highest BCUT2D eigenvalue weighted by Gasteiger charge is 2.30.